The molecule has 0 unspecified atom stereocenters. The number of rotatable bonds is 8. The molecule has 0 bridgehead atoms. The van der Waals surface area contributed by atoms with Gasteiger partial charge in [0.05, 0.1) is 6.42 Å². The number of hydrogen-bond acceptors (Lipinski definition) is 3. The molecule has 0 atom stereocenters. The van der Waals surface area contributed by atoms with E-state index in [1.54, 1.807) is 0 Å². The number of nitrogens with zero attached hydrogens (tertiary/aromatic N) is 1. The highest BCUT2D eigenvalue weighted by Gasteiger charge is 2.03. The van der Waals surface area contributed by atoms with E-state index in [-0.39, 0.29) is 30.7 Å². The SMILES string of the molecule is CCN(CC)CCCNC(=O)Cc1ccc(N)cc1.Cl.Cl. The molecule has 0 aliphatic rings. The summed E-state index contributed by atoms with van der Waals surface area (Å²) < 4.78 is 0. The minimum absolute atomic E-state index is 0. The Hall–Kier alpha value is -0.970. The number of nitrogens with one attached hydrogen (secondary N) is 1. The molecule has 3 N–H and O–H groups in total. The normalized spacial score (nSPS) is 9.67. The molecular weight excluding hydrogens is 309 g/mol. The van der Waals surface area contributed by atoms with E-state index < -0.39 is 0 Å². The van der Waals surface area contributed by atoms with E-state index in [4.69, 9.17) is 5.73 Å². The van der Waals surface area contributed by atoms with Crippen molar-refractivity contribution in [2.45, 2.75) is 26.7 Å². The molecule has 0 spiro atoms. The van der Waals surface area contributed by atoms with Crippen molar-refractivity contribution in [1.82, 2.24) is 10.2 Å². The molecule has 1 amide bonds. The average molecular weight is 336 g/mol. The van der Waals surface area contributed by atoms with Crippen LogP contribution < -0.4 is 11.1 Å². The van der Waals surface area contributed by atoms with Crippen LogP contribution in [0.2, 0.25) is 0 Å². The van der Waals surface area contributed by atoms with Gasteiger partial charge in [0.15, 0.2) is 0 Å². The monoisotopic (exact) mass is 335 g/mol. The third-order valence-corrected chi connectivity index (χ3v) is 3.21. The zero-order valence-corrected chi connectivity index (χ0v) is 14.4. The highest BCUT2D eigenvalue weighted by atomic mass is 35.5. The topological polar surface area (TPSA) is 58.4 Å². The Morgan fingerprint density at radius 3 is 2.24 bits per heavy atom. The van der Waals surface area contributed by atoms with Gasteiger partial charge in [-0.2, -0.15) is 0 Å². The molecule has 0 saturated heterocycles. The zero-order chi connectivity index (χ0) is 14.1. The van der Waals surface area contributed by atoms with Gasteiger partial charge in [-0.1, -0.05) is 26.0 Å². The van der Waals surface area contributed by atoms with E-state index in [9.17, 15) is 4.79 Å². The van der Waals surface area contributed by atoms with Crippen LogP contribution in [-0.2, 0) is 11.2 Å². The fourth-order valence-electron chi connectivity index (χ4n) is 1.95. The lowest BCUT2D eigenvalue weighted by Crippen LogP contribution is -2.30. The Labute approximate surface area is 140 Å². The van der Waals surface area contributed by atoms with E-state index >= 15 is 0 Å². The molecule has 4 nitrogen and oxygen atoms in total. The summed E-state index contributed by atoms with van der Waals surface area (Å²) in [6, 6.07) is 7.43. The van der Waals surface area contributed by atoms with Gasteiger partial charge in [0.25, 0.3) is 0 Å². The van der Waals surface area contributed by atoms with Gasteiger partial charge < -0.3 is 16.0 Å². The van der Waals surface area contributed by atoms with E-state index in [1.165, 1.54) is 0 Å². The van der Waals surface area contributed by atoms with Crippen molar-refractivity contribution < 1.29 is 4.79 Å². The molecule has 0 heterocycles. The maximum Gasteiger partial charge on any atom is 0.224 e. The first kappa shape index (κ1) is 22.3. The number of amides is 1. The minimum Gasteiger partial charge on any atom is -0.399 e. The molecule has 1 rings (SSSR count). The summed E-state index contributed by atoms with van der Waals surface area (Å²) in [6.07, 6.45) is 1.42. The van der Waals surface area contributed by atoms with E-state index in [0.717, 1.165) is 43.9 Å². The second-order valence-corrected chi connectivity index (χ2v) is 4.65. The molecule has 0 radical (unpaired) electrons. The largest absolute Gasteiger partial charge is 0.399 e. The Morgan fingerprint density at radius 1 is 1.14 bits per heavy atom. The van der Waals surface area contributed by atoms with Crippen molar-refractivity contribution >= 4 is 36.4 Å². The summed E-state index contributed by atoms with van der Waals surface area (Å²) in [7, 11) is 0. The second-order valence-electron chi connectivity index (χ2n) is 4.65. The quantitative estimate of drug-likeness (QED) is 0.566. The predicted octanol–water partition coefficient (Wildman–Crippen LogP) is 2.50. The molecule has 1 aromatic rings. The third kappa shape index (κ3) is 9.56. The molecular formula is C15H27Cl2N3O. The van der Waals surface area contributed by atoms with Crippen LogP contribution in [0.3, 0.4) is 0 Å². The highest BCUT2D eigenvalue weighted by Crippen LogP contribution is 2.05. The zero-order valence-electron chi connectivity index (χ0n) is 12.8. The molecule has 0 aliphatic heterocycles. The number of carbonyl (C=O) groups excluding carboxylic acids is 1. The summed E-state index contributed by atoms with van der Waals surface area (Å²) in [5.74, 6) is 0.0734. The van der Waals surface area contributed by atoms with Crippen molar-refractivity contribution in [3.63, 3.8) is 0 Å². The summed E-state index contributed by atoms with van der Waals surface area (Å²) in [6.45, 7) is 8.22. The van der Waals surface area contributed by atoms with Gasteiger partial charge in [0.2, 0.25) is 5.91 Å². The fourth-order valence-corrected chi connectivity index (χ4v) is 1.95. The van der Waals surface area contributed by atoms with Crippen molar-refractivity contribution in [2.75, 3.05) is 31.9 Å². The lowest BCUT2D eigenvalue weighted by atomic mass is 10.1. The summed E-state index contributed by atoms with van der Waals surface area (Å²) in [5.41, 5.74) is 7.33. The van der Waals surface area contributed by atoms with Gasteiger partial charge in [-0.25, -0.2) is 0 Å². The first-order valence-corrected chi connectivity index (χ1v) is 6.99. The van der Waals surface area contributed by atoms with Crippen LogP contribution in [-0.4, -0.2) is 37.0 Å². The van der Waals surface area contributed by atoms with Crippen LogP contribution in [0.4, 0.5) is 5.69 Å². The Morgan fingerprint density at radius 2 is 1.71 bits per heavy atom. The molecule has 0 saturated carbocycles. The maximum absolute atomic E-state index is 11.7. The van der Waals surface area contributed by atoms with Gasteiger partial charge in [-0.3, -0.25) is 4.79 Å². The van der Waals surface area contributed by atoms with E-state index in [1.807, 2.05) is 24.3 Å². The predicted molar refractivity (Wildman–Crippen MR) is 94.5 cm³/mol. The lowest BCUT2D eigenvalue weighted by Gasteiger charge is -2.17. The highest BCUT2D eigenvalue weighted by molar-refractivity contribution is 5.85. The average Bonchev–Trinajstić information content (AvgIpc) is 2.42. The van der Waals surface area contributed by atoms with Crippen LogP contribution in [0.5, 0.6) is 0 Å². The molecule has 122 valence electrons. The molecule has 1 aromatic carbocycles. The maximum atomic E-state index is 11.7. The Bertz CT molecular complexity index is 381. The van der Waals surface area contributed by atoms with E-state index in [2.05, 4.69) is 24.1 Å². The van der Waals surface area contributed by atoms with Crippen LogP contribution in [0.1, 0.15) is 25.8 Å². The first-order chi connectivity index (χ1) is 9.15. The van der Waals surface area contributed by atoms with Crippen LogP contribution in [0.25, 0.3) is 0 Å². The number of nitrogen functional groups attached to an aromatic ring is 1. The van der Waals surface area contributed by atoms with Gasteiger partial charge >= 0.3 is 0 Å². The van der Waals surface area contributed by atoms with Gasteiger partial charge in [-0.15, -0.1) is 24.8 Å². The molecule has 6 heteroatoms. The van der Waals surface area contributed by atoms with Crippen molar-refractivity contribution in [3.05, 3.63) is 29.8 Å². The van der Waals surface area contributed by atoms with Crippen LogP contribution >= 0.6 is 24.8 Å². The second kappa shape index (κ2) is 12.7. The number of carbonyl (C=O) groups is 1. The van der Waals surface area contributed by atoms with Crippen molar-refractivity contribution in [2.24, 2.45) is 0 Å². The number of anilines is 1. The summed E-state index contributed by atoms with van der Waals surface area (Å²) in [4.78, 5) is 14.1. The van der Waals surface area contributed by atoms with Gasteiger partial charge in [-0.05, 0) is 43.8 Å². The van der Waals surface area contributed by atoms with Crippen LogP contribution in [0.15, 0.2) is 24.3 Å². The van der Waals surface area contributed by atoms with Crippen molar-refractivity contribution in [3.8, 4) is 0 Å². The molecule has 0 aromatic heterocycles. The first-order valence-electron chi connectivity index (χ1n) is 6.99. The number of hydrogen-bond donors (Lipinski definition) is 2. The minimum atomic E-state index is 0. The molecule has 0 aliphatic carbocycles. The van der Waals surface area contributed by atoms with E-state index in [0.29, 0.717) is 6.42 Å². The van der Waals surface area contributed by atoms with Gasteiger partial charge in [0, 0.05) is 12.2 Å². The van der Waals surface area contributed by atoms with Crippen LogP contribution in [0, 0.1) is 0 Å². The number of benzene rings is 1. The van der Waals surface area contributed by atoms with Gasteiger partial charge in [0.1, 0.15) is 0 Å². The Kier molecular flexibility index (Phi) is 13.5. The standard InChI is InChI=1S/C15H25N3O.2ClH/c1-3-18(4-2)11-5-10-17-15(19)12-13-6-8-14(16)9-7-13;;/h6-9H,3-5,10-12,16H2,1-2H3,(H,17,19);2*1H. The molecule has 0 fully saturated rings. The lowest BCUT2D eigenvalue weighted by molar-refractivity contribution is -0.120. The summed E-state index contributed by atoms with van der Waals surface area (Å²) >= 11 is 0. The fraction of sp³-hybridized carbons (Fsp3) is 0.533. The smallest absolute Gasteiger partial charge is 0.224 e. The van der Waals surface area contributed by atoms with Crippen molar-refractivity contribution in [1.29, 1.82) is 0 Å². The number of nitrogens with two attached hydrogens (primary N) is 1. The Balaban J connectivity index is 0. The number of halogens is 2. The molecule has 21 heavy (non-hydrogen) atoms. The third-order valence-electron chi connectivity index (χ3n) is 3.21. The summed E-state index contributed by atoms with van der Waals surface area (Å²) in [5, 5.41) is 2.95.